The maximum absolute atomic E-state index is 4.68. The van der Waals surface area contributed by atoms with E-state index in [1.165, 1.54) is 33.4 Å². The molecule has 0 nitrogen and oxygen atoms in total. The van der Waals surface area contributed by atoms with Crippen molar-refractivity contribution in [2.24, 2.45) is 0 Å². The zero-order valence-corrected chi connectivity index (χ0v) is 27.4. The van der Waals surface area contributed by atoms with Gasteiger partial charge in [-0.1, -0.05) is 87.6 Å². The van der Waals surface area contributed by atoms with Crippen molar-refractivity contribution in [2.75, 3.05) is 0 Å². The van der Waals surface area contributed by atoms with Gasteiger partial charge in [0.15, 0.2) is 0 Å². The molecule has 0 spiro atoms. The predicted molar refractivity (Wildman–Crippen MR) is 166 cm³/mol. The van der Waals surface area contributed by atoms with Crippen molar-refractivity contribution < 1.29 is 0 Å². The lowest BCUT2D eigenvalue weighted by molar-refractivity contribution is 0.748. The third kappa shape index (κ3) is 3.87. The van der Waals surface area contributed by atoms with Crippen molar-refractivity contribution in [2.45, 2.75) is 93.7 Å². The van der Waals surface area contributed by atoms with Crippen molar-refractivity contribution in [1.82, 2.24) is 0 Å². The second kappa shape index (κ2) is 8.50. The highest BCUT2D eigenvalue weighted by molar-refractivity contribution is 9.47. The average molecular weight is 598 g/mol. The highest BCUT2D eigenvalue weighted by Crippen LogP contribution is 2.97. The monoisotopic (exact) mass is 596 g/mol. The van der Waals surface area contributed by atoms with E-state index in [2.05, 4.69) is 139 Å². The van der Waals surface area contributed by atoms with Crippen molar-refractivity contribution in [3.05, 3.63) is 57.6 Å². The van der Waals surface area contributed by atoms with E-state index in [4.69, 9.17) is 0 Å². The SMILES string of the molecule is Cc1cc(C)c([PH+]2[B-](Br)(C(C)(C)C)[PH+](c3c(C)cc(C)cc3C)[B-]2(Br)C(C)(C)C)c(C)c1. The van der Waals surface area contributed by atoms with Gasteiger partial charge in [0.05, 0.1) is 0 Å². The molecule has 1 saturated heterocycles. The summed E-state index contributed by atoms with van der Waals surface area (Å²) in [6, 6.07) is 9.69. The van der Waals surface area contributed by atoms with Crippen molar-refractivity contribution in [3.8, 4) is 0 Å². The Hall–Kier alpha value is 0.390. The van der Waals surface area contributed by atoms with E-state index in [0.717, 1.165) is 0 Å². The minimum absolute atomic E-state index is 0.223. The fourth-order valence-corrected chi connectivity index (χ4v) is 34.2. The molecule has 6 heteroatoms. The quantitative estimate of drug-likeness (QED) is 0.239. The summed E-state index contributed by atoms with van der Waals surface area (Å²) in [6.45, 7) is 28.9. The Labute approximate surface area is 216 Å². The predicted octanol–water partition coefficient (Wildman–Crippen LogP) is 9.20. The van der Waals surface area contributed by atoms with Gasteiger partial charge in [0, 0.05) is 10.6 Å². The zero-order valence-electron chi connectivity index (χ0n) is 22.2. The van der Waals surface area contributed by atoms with Gasteiger partial charge in [0.25, 0.3) is 0 Å². The first-order valence-corrected chi connectivity index (χ1v) is 17.1. The zero-order chi connectivity index (χ0) is 24.6. The van der Waals surface area contributed by atoms with Gasteiger partial charge < -0.3 is 0 Å². The number of hydrogen-bond acceptors (Lipinski definition) is 0. The molecule has 0 atom stereocenters. The maximum Gasteiger partial charge on any atom is 0.313 e. The van der Waals surface area contributed by atoms with Gasteiger partial charge in [0.1, 0.15) is 0 Å². The minimum atomic E-state index is -0.926. The van der Waals surface area contributed by atoms with E-state index in [9.17, 15) is 0 Å². The molecule has 0 aromatic heterocycles. The summed E-state index contributed by atoms with van der Waals surface area (Å²) in [6.07, 6.45) is 0. The number of hydrogen-bond donors (Lipinski definition) is 0. The van der Waals surface area contributed by atoms with E-state index in [0.29, 0.717) is 0 Å². The van der Waals surface area contributed by atoms with E-state index < -0.39 is 24.2 Å². The molecule has 0 aliphatic carbocycles. The molecule has 0 amide bonds. The van der Waals surface area contributed by atoms with E-state index >= 15 is 0 Å². The number of halogens is 2. The van der Waals surface area contributed by atoms with Crippen LogP contribution in [0, 0.1) is 41.5 Å². The van der Waals surface area contributed by atoms with Crippen molar-refractivity contribution in [1.29, 1.82) is 0 Å². The largest absolute Gasteiger partial charge is 0.313 e. The van der Waals surface area contributed by atoms with Gasteiger partial charge in [-0.25, -0.2) is 0 Å². The Morgan fingerprint density at radius 3 is 0.938 bits per heavy atom. The van der Waals surface area contributed by atoms with Crippen LogP contribution in [0.5, 0.6) is 0 Å². The lowest BCUT2D eigenvalue weighted by Gasteiger charge is -2.72. The molecule has 0 saturated carbocycles. The molecule has 3 rings (SSSR count). The van der Waals surface area contributed by atoms with Gasteiger partial charge in [-0.2, -0.15) is 15.4 Å². The van der Waals surface area contributed by atoms with Crippen LogP contribution >= 0.6 is 46.9 Å². The van der Waals surface area contributed by atoms with Crippen LogP contribution < -0.4 is 10.6 Å². The Morgan fingerprint density at radius 2 is 0.750 bits per heavy atom. The summed E-state index contributed by atoms with van der Waals surface area (Å²) in [5.74, 6) is 0. The van der Waals surface area contributed by atoms with Gasteiger partial charge in [-0.15, -0.1) is 0 Å². The summed E-state index contributed by atoms with van der Waals surface area (Å²) >= 11 is 9.35. The summed E-state index contributed by atoms with van der Waals surface area (Å²) in [4.78, 5) is 0. The van der Waals surface area contributed by atoms with Crippen LogP contribution in [0.1, 0.15) is 74.9 Å². The van der Waals surface area contributed by atoms with E-state index in [1.54, 1.807) is 10.6 Å². The summed E-state index contributed by atoms with van der Waals surface area (Å²) < 4.78 is -1.51. The molecule has 2 aromatic rings. The summed E-state index contributed by atoms with van der Waals surface area (Å²) in [5, 5.41) is 3.83. The second-order valence-corrected chi connectivity index (χ2v) is 26.3. The molecule has 0 unspecified atom stereocenters. The van der Waals surface area contributed by atoms with Crippen LogP contribution in [0.15, 0.2) is 24.3 Å². The molecule has 176 valence electrons. The molecule has 1 aliphatic heterocycles. The molecule has 0 N–H and O–H groups in total. The van der Waals surface area contributed by atoms with Gasteiger partial charge >= 0.3 is 8.82 Å². The standard InChI is InChI=1S/C26H42B2Br2P2/c1-17-13-19(3)23(20(4)14-17)31-27(29,25(7,8)9)32(28(31,30)26(10,11)12)24-21(5)15-18(2)16-22(24)6/h13-16,31-32H,1-12H3. The molecule has 2 aromatic carbocycles. The minimum Gasteiger partial charge on any atom is -0.254 e. The third-order valence-electron chi connectivity index (χ3n) is 8.03. The van der Waals surface area contributed by atoms with Crippen LogP contribution in [0.25, 0.3) is 0 Å². The normalized spacial score (nSPS) is 28.6. The lowest BCUT2D eigenvalue weighted by Crippen LogP contribution is -2.64. The first-order chi connectivity index (χ1) is 14.4. The van der Waals surface area contributed by atoms with Crippen LogP contribution in [0.2, 0.25) is 10.6 Å². The molecular weight excluding hydrogens is 556 g/mol. The van der Waals surface area contributed by atoms with Crippen LogP contribution in [0.3, 0.4) is 0 Å². The highest BCUT2D eigenvalue weighted by Gasteiger charge is 2.80. The topological polar surface area (TPSA) is 0 Å². The van der Waals surface area contributed by atoms with Crippen LogP contribution in [-0.4, -0.2) is 8.82 Å². The molecule has 1 aliphatic rings. The van der Waals surface area contributed by atoms with Crippen molar-refractivity contribution >= 4 is 66.3 Å². The van der Waals surface area contributed by atoms with Crippen LogP contribution in [-0.2, 0) is 0 Å². The molecule has 1 fully saturated rings. The Balaban J connectivity index is 2.44. The van der Waals surface area contributed by atoms with E-state index in [1.807, 2.05) is 0 Å². The van der Waals surface area contributed by atoms with Gasteiger partial charge in [-0.05, 0) is 63.8 Å². The second-order valence-electron chi connectivity index (χ2n) is 12.7. The lowest BCUT2D eigenvalue weighted by atomic mass is 9.67. The van der Waals surface area contributed by atoms with E-state index in [-0.39, 0.29) is 10.6 Å². The molecule has 1 heterocycles. The van der Waals surface area contributed by atoms with Crippen LogP contribution in [0.4, 0.5) is 0 Å². The van der Waals surface area contributed by atoms with Crippen molar-refractivity contribution in [3.63, 3.8) is 0 Å². The Bertz CT molecular complexity index is 927. The Morgan fingerprint density at radius 1 is 0.531 bits per heavy atom. The van der Waals surface area contributed by atoms with Gasteiger partial charge in [0.2, 0.25) is 0 Å². The Kier molecular flexibility index (Phi) is 7.17. The first kappa shape index (κ1) is 27.0. The molecular formula is C26H42B2Br2P2. The summed E-state index contributed by atoms with van der Waals surface area (Å²) in [5.41, 5.74) is 8.76. The average Bonchev–Trinajstić information content (AvgIpc) is 2.58. The fourth-order valence-electron chi connectivity index (χ4n) is 6.80. The maximum atomic E-state index is 4.68. The number of benzene rings is 2. The highest BCUT2D eigenvalue weighted by atomic mass is 79.9. The molecule has 0 bridgehead atoms. The summed E-state index contributed by atoms with van der Waals surface area (Å²) in [7, 11) is -1.85. The smallest absolute Gasteiger partial charge is 0.254 e. The molecule has 0 radical (unpaired) electrons. The number of aryl methyl sites for hydroxylation is 6. The third-order valence-corrected chi connectivity index (χ3v) is 30.1. The fraction of sp³-hybridized carbons (Fsp3) is 0.538. The molecule has 32 heavy (non-hydrogen) atoms. The van der Waals surface area contributed by atoms with Gasteiger partial charge in [-0.3, -0.25) is 31.5 Å². The first-order valence-electron chi connectivity index (χ1n) is 12.0. The number of rotatable bonds is 2.